The second-order valence-corrected chi connectivity index (χ2v) is 6.40. The van der Waals surface area contributed by atoms with E-state index < -0.39 is 0 Å². The fourth-order valence-corrected chi connectivity index (χ4v) is 3.70. The SMILES string of the molecule is CC1(C)C(Nc2ccc(CO)cc2)C2CCCOC21. The Hall–Kier alpha value is -1.06. The van der Waals surface area contributed by atoms with Crippen LogP contribution in [0.3, 0.4) is 0 Å². The summed E-state index contributed by atoms with van der Waals surface area (Å²) in [6.07, 6.45) is 2.86. The van der Waals surface area contributed by atoms with Crippen molar-refractivity contribution in [3.8, 4) is 0 Å². The molecule has 2 N–H and O–H groups in total. The first-order chi connectivity index (χ1) is 9.13. The third-order valence-electron chi connectivity index (χ3n) is 4.79. The first kappa shape index (κ1) is 12.9. The Morgan fingerprint density at radius 1 is 1.32 bits per heavy atom. The van der Waals surface area contributed by atoms with Crippen LogP contribution in [0.1, 0.15) is 32.3 Å². The van der Waals surface area contributed by atoms with E-state index in [0.29, 0.717) is 18.1 Å². The normalized spacial score (nSPS) is 32.3. The summed E-state index contributed by atoms with van der Waals surface area (Å²) in [5.41, 5.74) is 2.29. The van der Waals surface area contributed by atoms with Crippen molar-refractivity contribution in [1.29, 1.82) is 0 Å². The number of ether oxygens (including phenoxy) is 1. The van der Waals surface area contributed by atoms with Crippen LogP contribution in [-0.2, 0) is 11.3 Å². The molecule has 104 valence electrons. The zero-order valence-electron chi connectivity index (χ0n) is 11.7. The summed E-state index contributed by atoms with van der Waals surface area (Å²) in [6, 6.07) is 8.54. The van der Waals surface area contributed by atoms with Crippen LogP contribution < -0.4 is 5.32 Å². The van der Waals surface area contributed by atoms with Gasteiger partial charge in [-0.15, -0.1) is 0 Å². The number of hydrogen-bond donors (Lipinski definition) is 2. The molecule has 3 rings (SSSR count). The van der Waals surface area contributed by atoms with Crippen molar-refractivity contribution in [2.75, 3.05) is 11.9 Å². The lowest BCUT2D eigenvalue weighted by Gasteiger charge is -2.60. The maximum absolute atomic E-state index is 9.07. The highest BCUT2D eigenvalue weighted by Crippen LogP contribution is 2.52. The molecule has 1 saturated heterocycles. The van der Waals surface area contributed by atoms with Crippen molar-refractivity contribution >= 4 is 5.69 Å². The third kappa shape index (κ3) is 2.15. The molecule has 0 aromatic heterocycles. The molecule has 3 atom stereocenters. The number of benzene rings is 1. The van der Waals surface area contributed by atoms with E-state index in [0.717, 1.165) is 17.9 Å². The molecule has 0 bridgehead atoms. The first-order valence-corrected chi connectivity index (χ1v) is 7.21. The van der Waals surface area contributed by atoms with Crippen LogP contribution in [0.5, 0.6) is 0 Å². The molecule has 0 radical (unpaired) electrons. The molecule has 2 fully saturated rings. The lowest BCUT2D eigenvalue weighted by molar-refractivity contribution is -0.177. The molecule has 1 heterocycles. The van der Waals surface area contributed by atoms with Crippen LogP contribution in [0.15, 0.2) is 24.3 Å². The number of nitrogens with one attached hydrogen (secondary N) is 1. The molecule has 2 aliphatic rings. The van der Waals surface area contributed by atoms with Gasteiger partial charge in [0.25, 0.3) is 0 Å². The summed E-state index contributed by atoms with van der Waals surface area (Å²) in [5.74, 6) is 0.640. The van der Waals surface area contributed by atoms with Crippen molar-refractivity contribution in [2.45, 2.75) is 45.4 Å². The monoisotopic (exact) mass is 261 g/mol. The molecule has 1 aliphatic carbocycles. The van der Waals surface area contributed by atoms with Gasteiger partial charge in [-0.2, -0.15) is 0 Å². The van der Waals surface area contributed by atoms with Crippen LogP contribution in [0, 0.1) is 11.3 Å². The summed E-state index contributed by atoms with van der Waals surface area (Å²) in [7, 11) is 0. The highest BCUT2D eigenvalue weighted by molar-refractivity contribution is 5.47. The Bertz CT molecular complexity index is 441. The molecule has 0 spiro atoms. The van der Waals surface area contributed by atoms with Crippen molar-refractivity contribution in [3.05, 3.63) is 29.8 Å². The molecule has 3 heteroatoms. The first-order valence-electron chi connectivity index (χ1n) is 7.21. The molecule has 19 heavy (non-hydrogen) atoms. The van der Waals surface area contributed by atoms with Gasteiger partial charge in [-0.25, -0.2) is 0 Å². The Balaban J connectivity index is 1.71. The largest absolute Gasteiger partial charge is 0.392 e. The van der Waals surface area contributed by atoms with Crippen LogP contribution in [-0.4, -0.2) is 23.9 Å². The van der Waals surface area contributed by atoms with E-state index in [2.05, 4.69) is 31.3 Å². The molecule has 3 unspecified atom stereocenters. The lowest BCUT2D eigenvalue weighted by atomic mass is 9.55. The van der Waals surface area contributed by atoms with E-state index in [1.54, 1.807) is 0 Å². The number of aliphatic hydroxyl groups is 1. The van der Waals surface area contributed by atoms with Crippen molar-refractivity contribution in [1.82, 2.24) is 0 Å². The lowest BCUT2D eigenvalue weighted by Crippen LogP contribution is -2.67. The predicted molar refractivity (Wildman–Crippen MR) is 76.0 cm³/mol. The number of rotatable bonds is 3. The Morgan fingerprint density at radius 2 is 2.05 bits per heavy atom. The minimum Gasteiger partial charge on any atom is -0.392 e. The van der Waals surface area contributed by atoms with Crippen LogP contribution in [0.4, 0.5) is 5.69 Å². The number of fused-ring (bicyclic) bond motifs is 1. The fourth-order valence-electron chi connectivity index (χ4n) is 3.70. The third-order valence-corrected chi connectivity index (χ3v) is 4.79. The summed E-state index contributed by atoms with van der Waals surface area (Å²) in [5, 5.41) is 12.7. The summed E-state index contributed by atoms with van der Waals surface area (Å²) < 4.78 is 5.92. The van der Waals surface area contributed by atoms with Gasteiger partial charge in [-0.05, 0) is 30.5 Å². The van der Waals surface area contributed by atoms with Crippen LogP contribution >= 0.6 is 0 Å². The number of hydrogen-bond acceptors (Lipinski definition) is 3. The van der Waals surface area contributed by atoms with E-state index in [-0.39, 0.29) is 12.0 Å². The van der Waals surface area contributed by atoms with Gasteiger partial charge >= 0.3 is 0 Å². The molecule has 3 nitrogen and oxygen atoms in total. The maximum Gasteiger partial charge on any atom is 0.0693 e. The van der Waals surface area contributed by atoms with E-state index in [4.69, 9.17) is 9.84 Å². The van der Waals surface area contributed by atoms with Crippen LogP contribution in [0.25, 0.3) is 0 Å². The average Bonchev–Trinajstić information content (AvgIpc) is 2.45. The van der Waals surface area contributed by atoms with Gasteiger partial charge < -0.3 is 15.2 Å². The second kappa shape index (κ2) is 4.80. The average molecular weight is 261 g/mol. The Morgan fingerprint density at radius 3 is 2.74 bits per heavy atom. The topological polar surface area (TPSA) is 41.5 Å². The van der Waals surface area contributed by atoms with Gasteiger partial charge in [0.1, 0.15) is 0 Å². The minimum absolute atomic E-state index is 0.105. The smallest absolute Gasteiger partial charge is 0.0693 e. The fraction of sp³-hybridized carbons (Fsp3) is 0.625. The molecular weight excluding hydrogens is 238 g/mol. The van der Waals surface area contributed by atoms with E-state index in [1.807, 2.05) is 12.1 Å². The Labute approximate surface area is 115 Å². The quantitative estimate of drug-likeness (QED) is 0.879. The van der Waals surface area contributed by atoms with E-state index in [9.17, 15) is 0 Å². The molecular formula is C16H23NO2. The summed E-state index contributed by atoms with van der Waals surface area (Å²) in [6.45, 7) is 5.61. The molecule has 1 aliphatic heterocycles. The van der Waals surface area contributed by atoms with Crippen LogP contribution in [0.2, 0.25) is 0 Å². The maximum atomic E-state index is 9.07. The van der Waals surface area contributed by atoms with Crippen molar-refractivity contribution < 1.29 is 9.84 Å². The molecule has 1 saturated carbocycles. The minimum atomic E-state index is 0.105. The number of anilines is 1. The van der Waals surface area contributed by atoms with Gasteiger partial charge in [0.05, 0.1) is 12.7 Å². The van der Waals surface area contributed by atoms with Gasteiger partial charge in [-0.3, -0.25) is 0 Å². The van der Waals surface area contributed by atoms with Gasteiger partial charge in [-0.1, -0.05) is 26.0 Å². The predicted octanol–water partition coefficient (Wildman–Crippen LogP) is 2.79. The van der Waals surface area contributed by atoms with Crippen molar-refractivity contribution in [3.63, 3.8) is 0 Å². The highest BCUT2D eigenvalue weighted by atomic mass is 16.5. The molecule has 0 amide bonds. The van der Waals surface area contributed by atoms with Gasteiger partial charge in [0.2, 0.25) is 0 Å². The zero-order valence-corrected chi connectivity index (χ0v) is 11.7. The van der Waals surface area contributed by atoms with E-state index in [1.165, 1.54) is 12.8 Å². The van der Waals surface area contributed by atoms with E-state index >= 15 is 0 Å². The summed E-state index contributed by atoms with van der Waals surface area (Å²) >= 11 is 0. The standard InChI is InChI=1S/C16H23NO2/c1-16(2)14(13-4-3-9-19-15(13)16)17-12-7-5-11(10-18)6-8-12/h5-8,13-15,17-18H,3-4,9-10H2,1-2H3. The molecule has 1 aromatic rings. The summed E-state index contributed by atoms with van der Waals surface area (Å²) in [4.78, 5) is 0. The highest BCUT2D eigenvalue weighted by Gasteiger charge is 2.57. The van der Waals surface area contributed by atoms with Gasteiger partial charge in [0, 0.05) is 29.7 Å². The number of aliphatic hydroxyl groups excluding tert-OH is 1. The molecule has 1 aromatic carbocycles. The van der Waals surface area contributed by atoms with Gasteiger partial charge in [0.15, 0.2) is 0 Å². The Kier molecular flexibility index (Phi) is 3.27. The second-order valence-electron chi connectivity index (χ2n) is 6.40. The zero-order chi connectivity index (χ0) is 13.5. The van der Waals surface area contributed by atoms with Crippen molar-refractivity contribution in [2.24, 2.45) is 11.3 Å².